The summed E-state index contributed by atoms with van der Waals surface area (Å²) in [7, 11) is 0. The summed E-state index contributed by atoms with van der Waals surface area (Å²) < 4.78 is 0. The standard InChI is InChI=1S/C14H13N5/c1-2-12-17-13(19-14(15)18-12)10-5-6-11-9(8-10)4-3-7-16-11/h3-8H,2H2,1H3,(H2,15,17,18,19). The molecule has 1 aromatic carbocycles. The van der Waals surface area contributed by atoms with E-state index in [1.165, 1.54) is 0 Å². The summed E-state index contributed by atoms with van der Waals surface area (Å²) in [5.41, 5.74) is 7.58. The van der Waals surface area contributed by atoms with E-state index in [9.17, 15) is 0 Å². The Morgan fingerprint density at radius 1 is 1.11 bits per heavy atom. The lowest BCUT2D eigenvalue weighted by Crippen LogP contribution is -2.04. The van der Waals surface area contributed by atoms with E-state index in [0.29, 0.717) is 11.6 Å². The Labute approximate surface area is 110 Å². The van der Waals surface area contributed by atoms with Crippen molar-refractivity contribution in [3.05, 3.63) is 42.4 Å². The predicted molar refractivity (Wildman–Crippen MR) is 74.4 cm³/mol. The van der Waals surface area contributed by atoms with E-state index in [1.807, 2.05) is 37.3 Å². The molecule has 5 heteroatoms. The van der Waals surface area contributed by atoms with Gasteiger partial charge in [-0.25, -0.2) is 4.98 Å². The van der Waals surface area contributed by atoms with Gasteiger partial charge in [-0.05, 0) is 24.3 Å². The molecular formula is C14H13N5. The maximum Gasteiger partial charge on any atom is 0.223 e. The van der Waals surface area contributed by atoms with Crippen molar-refractivity contribution < 1.29 is 0 Å². The van der Waals surface area contributed by atoms with Gasteiger partial charge in [0.15, 0.2) is 5.82 Å². The van der Waals surface area contributed by atoms with Crippen LogP contribution >= 0.6 is 0 Å². The van der Waals surface area contributed by atoms with Gasteiger partial charge in [0.2, 0.25) is 5.95 Å². The second kappa shape index (κ2) is 4.61. The average Bonchev–Trinajstić information content (AvgIpc) is 2.46. The summed E-state index contributed by atoms with van der Waals surface area (Å²) in [4.78, 5) is 17.0. The van der Waals surface area contributed by atoms with E-state index in [0.717, 1.165) is 22.9 Å². The fourth-order valence-corrected chi connectivity index (χ4v) is 1.94. The molecule has 0 fully saturated rings. The summed E-state index contributed by atoms with van der Waals surface area (Å²) in [6.07, 6.45) is 2.51. The lowest BCUT2D eigenvalue weighted by molar-refractivity contribution is 0.913. The number of nitrogen functional groups attached to an aromatic ring is 1. The third kappa shape index (κ3) is 2.22. The van der Waals surface area contributed by atoms with Crippen molar-refractivity contribution in [3.8, 4) is 11.4 Å². The Morgan fingerprint density at radius 2 is 2.00 bits per heavy atom. The highest BCUT2D eigenvalue weighted by atomic mass is 15.1. The molecule has 0 aliphatic carbocycles. The van der Waals surface area contributed by atoms with Crippen LogP contribution in [0.1, 0.15) is 12.7 Å². The monoisotopic (exact) mass is 251 g/mol. The minimum absolute atomic E-state index is 0.258. The number of nitrogens with two attached hydrogens (primary N) is 1. The molecule has 0 aliphatic heterocycles. The van der Waals surface area contributed by atoms with Crippen LogP contribution in [0, 0.1) is 0 Å². The van der Waals surface area contributed by atoms with Crippen molar-refractivity contribution >= 4 is 16.9 Å². The minimum Gasteiger partial charge on any atom is -0.368 e. The Bertz CT molecular complexity index is 739. The van der Waals surface area contributed by atoms with E-state index in [4.69, 9.17) is 5.73 Å². The van der Waals surface area contributed by atoms with Crippen molar-refractivity contribution in [3.63, 3.8) is 0 Å². The van der Waals surface area contributed by atoms with Crippen LogP contribution in [0.3, 0.4) is 0 Å². The summed E-state index contributed by atoms with van der Waals surface area (Å²) in [5.74, 6) is 1.57. The zero-order chi connectivity index (χ0) is 13.2. The largest absolute Gasteiger partial charge is 0.368 e. The number of aryl methyl sites for hydroxylation is 1. The maximum atomic E-state index is 5.71. The van der Waals surface area contributed by atoms with E-state index in [-0.39, 0.29) is 5.95 Å². The average molecular weight is 251 g/mol. The van der Waals surface area contributed by atoms with Crippen molar-refractivity contribution in [1.29, 1.82) is 0 Å². The molecule has 0 aliphatic rings. The second-order valence-electron chi connectivity index (χ2n) is 4.20. The van der Waals surface area contributed by atoms with Crippen LogP contribution in [0.2, 0.25) is 0 Å². The normalized spacial score (nSPS) is 10.8. The van der Waals surface area contributed by atoms with Gasteiger partial charge in [-0.1, -0.05) is 13.0 Å². The van der Waals surface area contributed by atoms with Gasteiger partial charge in [0, 0.05) is 23.6 Å². The fourth-order valence-electron chi connectivity index (χ4n) is 1.94. The van der Waals surface area contributed by atoms with E-state index < -0.39 is 0 Å². The topological polar surface area (TPSA) is 77.6 Å². The second-order valence-corrected chi connectivity index (χ2v) is 4.20. The van der Waals surface area contributed by atoms with Gasteiger partial charge in [0.1, 0.15) is 5.82 Å². The number of anilines is 1. The summed E-state index contributed by atoms with van der Waals surface area (Å²) in [6.45, 7) is 1.99. The molecule has 3 rings (SSSR count). The molecule has 0 unspecified atom stereocenters. The molecule has 19 heavy (non-hydrogen) atoms. The molecule has 0 amide bonds. The molecule has 0 saturated heterocycles. The number of nitrogens with zero attached hydrogens (tertiary/aromatic N) is 4. The van der Waals surface area contributed by atoms with Crippen LogP contribution in [-0.2, 0) is 6.42 Å². The highest BCUT2D eigenvalue weighted by molar-refractivity contribution is 5.83. The van der Waals surface area contributed by atoms with Crippen LogP contribution in [0.15, 0.2) is 36.5 Å². The quantitative estimate of drug-likeness (QED) is 0.755. The summed E-state index contributed by atoms with van der Waals surface area (Å²) in [5, 5.41) is 1.05. The first-order valence-corrected chi connectivity index (χ1v) is 6.12. The molecule has 2 N–H and O–H groups in total. The first kappa shape index (κ1) is 11.5. The molecule has 3 aromatic rings. The van der Waals surface area contributed by atoms with Gasteiger partial charge in [0.05, 0.1) is 5.52 Å². The maximum absolute atomic E-state index is 5.71. The molecule has 94 valence electrons. The van der Waals surface area contributed by atoms with Crippen LogP contribution < -0.4 is 5.73 Å². The first-order valence-electron chi connectivity index (χ1n) is 6.12. The summed E-state index contributed by atoms with van der Waals surface area (Å²) >= 11 is 0. The Morgan fingerprint density at radius 3 is 2.84 bits per heavy atom. The Kier molecular flexibility index (Phi) is 2.79. The molecule has 0 radical (unpaired) electrons. The Balaban J connectivity index is 2.15. The number of aromatic nitrogens is 4. The van der Waals surface area contributed by atoms with E-state index >= 15 is 0 Å². The van der Waals surface area contributed by atoms with Crippen molar-refractivity contribution in [2.75, 3.05) is 5.73 Å². The Hall–Kier alpha value is -2.56. The molecule has 5 nitrogen and oxygen atoms in total. The number of hydrogen-bond donors (Lipinski definition) is 1. The molecule has 0 spiro atoms. The van der Waals surface area contributed by atoms with Crippen LogP contribution in [-0.4, -0.2) is 19.9 Å². The van der Waals surface area contributed by atoms with Crippen LogP contribution in [0.25, 0.3) is 22.3 Å². The van der Waals surface area contributed by atoms with Crippen molar-refractivity contribution in [1.82, 2.24) is 19.9 Å². The smallest absolute Gasteiger partial charge is 0.223 e. The number of benzene rings is 1. The molecule has 0 saturated carbocycles. The number of hydrogen-bond acceptors (Lipinski definition) is 5. The molecule has 2 heterocycles. The third-order valence-electron chi connectivity index (χ3n) is 2.88. The number of rotatable bonds is 2. The van der Waals surface area contributed by atoms with Gasteiger partial charge >= 0.3 is 0 Å². The fraction of sp³-hybridized carbons (Fsp3) is 0.143. The van der Waals surface area contributed by atoms with Gasteiger partial charge < -0.3 is 5.73 Å². The molecule has 0 bridgehead atoms. The molecule has 2 aromatic heterocycles. The summed E-state index contributed by atoms with van der Waals surface area (Å²) in [6, 6.07) is 9.83. The third-order valence-corrected chi connectivity index (χ3v) is 2.88. The van der Waals surface area contributed by atoms with Crippen LogP contribution in [0.4, 0.5) is 5.95 Å². The highest BCUT2D eigenvalue weighted by Gasteiger charge is 2.06. The number of pyridine rings is 1. The lowest BCUT2D eigenvalue weighted by Gasteiger charge is -2.04. The van der Waals surface area contributed by atoms with Gasteiger partial charge in [-0.3, -0.25) is 4.98 Å². The SMILES string of the molecule is CCc1nc(N)nc(-c2ccc3ncccc3c2)n1. The molecule has 0 atom stereocenters. The lowest BCUT2D eigenvalue weighted by atomic mass is 10.1. The van der Waals surface area contributed by atoms with Crippen LogP contribution in [0.5, 0.6) is 0 Å². The predicted octanol–water partition coefficient (Wildman–Crippen LogP) is 2.23. The molecular weight excluding hydrogens is 238 g/mol. The van der Waals surface area contributed by atoms with Gasteiger partial charge in [0.25, 0.3) is 0 Å². The van der Waals surface area contributed by atoms with E-state index in [2.05, 4.69) is 19.9 Å². The van der Waals surface area contributed by atoms with Gasteiger partial charge in [-0.15, -0.1) is 0 Å². The van der Waals surface area contributed by atoms with E-state index in [1.54, 1.807) is 6.20 Å². The zero-order valence-electron chi connectivity index (χ0n) is 10.5. The van der Waals surface area contributed by atoms with Gasteiger partial charge in [-0.2, -0.15) is 9.97 Å². The first-order chi connectivity index (χ1) is 9.26. The van der Waals surface area contributed by atoms with Crippen molar-refractivity contribution in [2.45, 2.75) is 13.3 Å². The number of fused-ring (bicyclic) bond motifs is 1. The zero-order valence-corrected chi connectivity index (χ0v) is 10.5. The van der Waals surface area contributed by atoms with Crippen molar-refractivity contribution in [2.24, 2.45) is 0 Å². The highest BCUT2D eigenvalue weighted by Crippen LogP contribution is 2.21. The minimum atomic E-state index is 0.258.